The lowest BCUT2D eigenvalue weighted by molar-refractivity contribution is -0.115. The maximum absolute atomic E-state index is 13.1. The SMILES string of the molecule is O=C(CSc1cccc2cccnc12)N(c1ccccc1)c1ccccc1. The first-order valence-electron chi connectivity index (χ1n) is 8.72. The third kappa shape index (κ3) is 3.86. The van der Waals surface area contributed by atoms with Crippen molar-refractivity contribution >= 4 is 39.9 Å². The fourth-order valence-electron chi connectivity index (χ4n) is 2.99. The molecule has 27 heavy (non-hydrogen) atoms. The van der Waals surface area contributed by atoms with Gasteiger partial charge in [-0.05, 0) is 36.4 Å². The largest absolute Gasteiger partial charge is 0.280 e. The number of hydrogen-bond donors (Lipinski definition) is 0. The van der Waals surface area contributed by atoms with E-state index in [0.29, 0.717) is 5.75 Å². The number of rotatable bonds is 5. The second kappa shape index (κ2) is 8.06. The molecule has 4 rings (SSSR count). The van der Waals surface area contributed by atoms with Gasteiger partial charge in [0.2, 0.25) is 5.91 Å². The van der Waals surface area contributed by atoms with E-state index < -0.39 is 0 Å². The van der Waals surface area contributed by atoms with E-state index in [2.05, 4.69) is 4.98 Å². The first kappa shape index (κ1) is 17.3. The molecule has 3 aromatic carbocycles. The van der Waals surface area contributed by atoms with Crippen LogP contribution in [0.5, 0.6) is 0 Å². The van der Waals surface area contributed by atoms with Crippen LogP contribution in [0, 0.1) is 0 Å². The van der Waals surface area contributed by atoms with E-state index in [4.69, 9.17) is 0 Å². The van der Waals surface area contributed by atoms with Crippen molar-refractivity contribution in [2.75, 3.05) is 10.7 Å². The highest BCUT2D eigenvalue weighted by atomic mass is 32.2. The zero-order valence-electron chi connectivity index (χ0n) is 14.7. The Balaban J connectivity index is 1.61. The summed E-state index contributed by atoms with van der Waals surface area (Å²) in [6.07, 6.45) is 1.79. The normalized spacial score (nSPS) is 10.7. The van der Waals surface area contributed by atoms with Crippen molar-refractivity contribution in [3.63, 3.8) is 0 Å². The van der Waals surface area contributed by atoms with E-state index >= 15 is 0 Å². The zero-order valence-corrected chi connectivity index (χ0v) is 15.5. The first-order chi connectivity index (χ1) is 13.3. The molecule has 4 aromatic rings. The number of carbonyl (C=O) groups is 1. The highest BCUT2D eigenvalue weighted by Gasteiger charge is 2.18. The Morgan fingerprint density at radius 3 is 2.07 bits per heavy atom. The Morgan fingerprint density at radius 1 is 0.778 bits per heavy atom. The van der Waals surface area contributed by atoms with Gasteiger partial charge in [-0.3, -0.25) is 14.7 Å². The maximum Gasteiger partial charge on any atom is 0.241 e. The number of fused-ring (bicyclic) bond motifs is 1. The van der Waals surface area contributed by atoms with Crippen LogP contribution in [0.15, 0.2) is 102 Å². The standard InChI is InChI=1S/C23H18N2OS/c26-22(17-27-21-15-7-9-18-10-8-16-24-23(18)21)25(19-11-3-1-4-12-19)20-13-5-2-6-14-20/h1-16H,17H2. The molecule has 132 valence electrons. The van der Waals surface area contributed by atoms with E-state index in [1.165, 1.54) is 11.8 Å². The second-order valence-corrected chi connectivity index (χ2v) is 7.04. The van der Waals surface area contributed by atoms with Crippen LogP contribution >= 0.6 is 11.8 Å². The molecule has 4 heteroatoms. The van der Waals surface area contributed by atoms with Gasteiger partial charge in [0.1, 0.15) is 0 Å². The molecule has 0 bridgehead atoms. The number of anilines is 2. The van der Waals surface area contributed by atoms with Crippen molar-refractivity contribution in [2.45, 2.75) is 4.90 Å². The molecule has 0 aliphatic rings. The van der Waals surface area contributed by atoms with Gasteiger partial charge < -0.3 is 0 Å². The number of aromatic nitrogens is 1. The lowest BCUT2D eigenvalue weighted by Gasteiger charge is -2.23. The molecule has 0 saturated carbocycles. The van der Waals surface area contributed by atoms with Gasteiger partial charge in [-0.15, -0.1) is 11.8 Å². The van der Waals surface area contributed by atoms with Crippen molar-refractivity contribution in [1.29, 1.82) is 0 Å². The van der Waals surface area contributed by atoms with Gasteiger partial charge in [-0.2, -0.15) is 0 Å². The predicted octanol–water partition coefficient (Wildman–Crippen LogP) is 5.69. The number of pyridine rings is 1. The number of hydrogen-bond acceptors (Lipinski definition) is 3. The predicted molar refractivity (Wildman–Crippen MR) is 112 cm³/mol. The Morgan fingerprint density at radius 2 is 1.41 bits per heavy atom. The molecule has 0 fully saturated rings. The Labute approximate surface area is 162 Å². The molecule has 3 nitrogen and oxygen atoms in total. The quantitative estimate of drug-likeness (QED) is 0.423. The van der Waals surface area contributed by atoms with Crippen molar-refractivity contribution < 1.29 is 4.79 Å². The van der Waals surface area contributed by atoms with Crippen LogP contribution in [0.1, 0.15) is 0 Å². The minimum Gasteiger partial charge on any atom is -0.280 e. The molecule has 0 saturated heterocycles. The molecule has 0 aliphatic carbocycles. The fourth-order valence-corrected chi connectivity index (χ4v) is 3.88. The molecule has 1 aromatic heterocycles. The number of carbonyl (C=O) groups excluding carboxylic acids is 1. The summed E-state index contributed by atoms with van der Waals surface area (Å²) in [7, 11) is 0. The number of nitrogens with zero attached hydrogens (tertiary/aromatic N) is 2. The molecule has 0 aliphatic heterocycles. The molecular formula is C23H18N2OS. The molecule has 0 atom stereocenters. The number of thioether (sulfide) groups is 1. The lowest BCUT2D eigenvalue weighted by atomic mass is 10.2. The van der Waals surface area contributed by atoms with Crippen LogP contribution in [0.25, 0.3) is 10.9 Å². The topological polar surface area (TPSA) is 33.2 Å². The van der Waals surface area contributed by atoms with Gasteiger partial charge in [0, 0.05) is 27.9 Å². The van der Waals surface area contributed by atoms with Crippen LogP contribution in [-0.4, -0.2) is 16.6 Å². The van der Waals surface area contributed by atoms with Crippen molar-refractivity contribution in [3.05, 3.63) is 97.2 Å². The summed E-state index contributed by atoms with van der Waals surface area (Å²) in [6.45, 7) is 0. The Kier molecular flexibility index (Phi) is 5.17. The lowest BCUT2D eigenvalue weighted by Crippen LogP contribution is -2.27. The molecule has 1 amide bonds. The number of para-hydroxylation sites is 3. The summed E-state index contributed by atoms with van der Waals surface area (Å²) in [5.74, 6) is 0.366. The van der Waals surface area contributed by atoms with Gasteiger partial charge in [-0.25, -0.2) is 0 Å². The summed E-state index contributed by atoms with van der Waals surface area (Å²) in [6, 6.07) is 29.5. The van der Waals surface area contributed by atoms with Crippen LogP contribution < -0.4 is 4.90 Å². The van der Waals surface area contributed by atoms with Crippen LogP contribution in [0.2, 0.25) is 0 Å². The van der Waals surface area contributed by atoms with E-state index in [1.807, 2.05) is 91.0 Å². The van der Waals surface area contributed by atoms with Gasteiger partial charge in [0.25, 0.3) is 0 Å². The van der Waals surface area contributed by atoms with E-state index in [9.17, 15) is 4.79 Å². The van der Waals surface area contributed by atoms with Gasteiger partial charge in [0.05, 0.1) is 11.3 Å². The van der Waals surface area contributed by atoms with Crippen molar-refractivity contribution in [2.24, 2.45) is 0 Å². The monoisotopic (exact) mass is 370 g/mol. The third-order valence-electron chi connectivity index (χ3n) is 4.23. The third-order valence-corrected chi connectivity index (χ3v) is 5.26. The molecular weight excluding hydrogens is 352 g/mol. The van der Waals surface area contributed by atoms with Crippen molar-refractivity contribution in [3.8, 4) is 0 Å². The molecule has 0 N–H and O–H groups in total. The summed E-state index contributed by atoms with van der Waals surface area (Å²) >= 11 is 1.52. The maximum atomic E-state index is 13.1. The summed E-state index contributed by atoms with van der Waals surface area (Å²) in [4.78, 5) is 20.4. The average molecular weight is 370 g/mol. The molecule has 0 spiro atoms. The fraction of sp³-hybridized carbons (Fsp3) is 0.0435. The van der Waals surface area contributed by atoms with E-state index in [0.717, 1.165) is 27.2 Å². The second-order valence-electron chi connectivity index (χ2n) is 6.02. The van der Waals surface area contributed by atoms with Crippen LogP contribution in [0.3, 0.4) is 0 Å². The number of amides is 1. The minimum absolute atomic E-state index is 0.0327. The number of benzene rings is 3. The smallest absolute Gasteiger partial charge is 0.241 e. The summed E-state index contributed by atoms with van der Waals surface area (Å²) < 4.78 is 0. The molecule has 0 unspecified atom stereocenters. The molecule has 0 radical (unpaired) electrons. The van der Waals surface area contributed by atoms with Gasteiger partial charge in [-0.1, -0.05) is 54.6 Å². The van der Waals surface area contributed by atoms with Gasteiger partial charge in [0.15, 0.2) is 0 Å². The average Bonchev–Trinajstić information content (AvgIpc) is 2.74. The highest BCUT2D eigenvalue weighted by molar-refractivity contribution is 8.00. The van der Waals surface area contributed by atoms with Crippen LogP contribution in [-0.2, 0) is 4.79 Å². The van der Waals surface area contributed by atoms with E-state index in [-0.39, 0.29) is 5.91 Å². The minimum atomic E-state index is 0.0327. The highest BCUT2D eigenvalue weighted by Crippen LogP contribution is 2.30. The molecule has 1 heterocycles. The summed E-state index contributed by atoms with van der Waals surface area (Å²) in [5, 5.41) is 1.08. The van der Waals surface area contributed by atoms with Gasteiger partial charge >= 0.3 is 0 Å². The Hall–Kier alpha value is -3.11. The van der Waals surface area contributed by atoms with E-state index in [1.54, 1.807) is 11.1 Å². The van der Waals surface area contributed by atoms with Crippen LogP contribution in [0.4, 0.5) is 11.4 Å². The first-order valence-corrected chi connectivity index (χ1v) is 9.71. The zero-order chi connectivity index (χ0) is 18.5. The Bertz CT molecular complexity index is 1010. The summed E-state index contributed by atoms with van der Waals surface area (Å²) in [5.41, 5.74) is 2.67. The van der Waals surface area contributed by atoms with Crippen molar-refractivity contribution in [1.82, 2.24) is 4.98 Å².